The molecule has 2 N–H and O–H groups in total. The summed E-state index contributed by atoms with van der Waals surface area (Å²) in [6.07, 6.45) is 1.67. The summed E-state index contributed by atoms with van der Waals surface area (Å²) in [7, 11) is -3.83. The van der Waals surface area contributed by atoms with Crippen LogP contribution in [0.5, 0.6) is 0 Å². The highest BCUT2D eigenvalue weighted by Crippen LogP contribution is 2.21. The Morgan fingerprint density at radius 1 is 0.952 bits per heavy atom. The molecule has 3 aromatic rings. The van der Waals surface area contributed by atoms with E-state index in [4.69, 9.17) is 5.14 Å². The van der Waals surface area contributed by atoms with Gasteiger partial charge in [-0.15, -0.1) is 5.10 Å². The van der Waals surface area contributed by atoms with E-state index in [0.717, 1.165) is 5.56 Å². The van der Waals surface area contributed by atoms with Crippen molar-refractivity contribution in [3.05, 3.63) is 60.8 Å². The van der Waals surface area contributed by atoms with Crippen LogP contribution in [0.15, 0.2) is 65.7 Å². The normalized spacial score (nSPS) is 11.5. The molecule has 0 radical (unpaired) electrons. The third-order valence-electron chi connectivity index (χ3n) is 2.98. The van der Waals surface area contributed by atoms with Crippen LogP contribution in [0.25, 0.3) is 16.9 Å². The molecular weight excluding hydrogens is 288 g/mol. The standard InChI is InChI=1S/C14H12N4O2S/c15-21(19,20)14-9-5-4-8-13(14)18-10-12(16-17-18)11-6-2-1-3-7-11/h1-10H,(H2,15,19,20). The summed E-state index contributed by atoms with van der Waals surface area (Å²) < 4.78 is 24.6. The molecule has 0 spiro atoms. The van der Waals surface area contributed by atoms with Crippen molar-refractivity contribution in [2.45, 2.75) is 4.90 Å². The summed E-state index contributed by atoms with van der Waals surface area (Å²) in [5.41, 5.74) is 1.92. The van der Waals surface area contributed by atoms with Gasteiger partial charge in [-0.3, -0.25) is 0 Å². The number of nitrogens with two attached hydrogens (primary N) is 1. The van der Waals surface area contributed by atoms with Crippen LogP contribution in [-0.2, 0) is 10.0 Å². The lowest BCUT2D eigenvalue weighted by Crippen LogP contribution is -2.15. The molecular formula is C14H12N4O2S. The van der Waals surface area contributed by atoms with E-state index < -0.39 is 10.0 Å². The highest BCUT2D eigenvalue weighted by atomic mass is 32.2. The Bertz CT molecular complexity index is 873. The van der Waals surface area contributed by atoms with Gasteiger partial charge < -0.3 is 0 Å². The number of aromatic nitrogens is 3. The fourth-order valence-electron chi connectivity index (χ4n) is 2.01. The third kappa shape index (κ3) is 2.69. The molecule has 21 heavy (non-hydrogen) atoms. The fourth-order valence-corrected chi connectivity index (χ4v) is 2.73. The summed E-state index contributed by atoms with van der Waals surface area (Å²) in [5.74, 6) is 0. The van der Waals surface area contributed by atoms with Crippen molar-refractivity contribution < 1.29 is 8.42 Å². The number of rotatable bonds is 3. The molecule has 6 nitrogen and oxygen atoms in total. The molecule has 7 heteroatoms. The molecule has 0 amide bonds. The van der Waals surface area contributed by atoms with Gasteiger partial charge in [0.2, 0.25) is 10.0 Å². The van der Waals surface area contributed by atoms with Crippen molar-refractivity contribution >= 4 is 10.0 Å². The predicted molar refractivity (Wildman–Crippen MR) is 78.2 cm³/mol. The third-order valence-corrected chi connectivity index (χ3v) is 3.94. The Hall–Kier alpha value is -2.51. The minimum absolute atomic E-state index is 0.00881. The van der Waals surface area contributed by atoms with Crippen LogP contribution in [-0.4, -0.2) is 23.4 Å². The zero-order chi connectivity index (χ0) is 14.9. The van der Waals surface area contributed by atoms with Gasteiger partial charge in [-0.2, -0.15) is 0 Å². The molecule has 0 saturated heterocycles. The lowest BCUT2D eigenvalue weighted by Gasteiger charge is -2.05. The fraction of sp³-hybridized carbons (Fsp3) is 0. The van der Waals surface area contributed by atoms with E-state index in [1.807, 2.05) is 30.3 Å². The molecule has 0 aliphatic carbocycles. The van der Waals surface area contributed by atoms with Gasteiger partial charge in [0, 0.05) is 5.56 Å². The van der Waals surface area contributed by atoms with Crippen LogP contribution in [0, 0.1) is 0 Å². The van der Waals surface area contributed by atoms with E-state index in [-0.39, 0.29) is 4.90 Å². The van der Waals surface area contributed by atoms with Crippen LogP contribution in [0.4, 0.5) is 0 Å². The van der Waals surface area contributed by atoms with Gasteiger partial charge in [0.05, 0.1) is 11.9 Å². The van der Waals surface area contributed by atoms with E-state index in [9.17, 15) is 8.42 Å². The number of para-hydroxylation sites is 1. The summed E-state index contributed by atoms with van der Waals surface area (Å²) in [6, 6.07) is 15.9. The highest BCUT2D eigenvalue weighted by Gasteiger charge is 2.16. The molecule has 3 rings (SSSR count). The van der Waals surface area contributed by atoms with Gasteiger partial charge in [0.25, 0.3) is 0 Å². The van der Waals surface area contributed by atoms with Crippen molar-refractivity contribution in [2.75, 3.05) is 0 Å². The Morgan fingerprint density at radius 3 is 2.33 bits per heavy atom. The van der Waals surface area contributed by atoms with Crippen LogP contribution in [0.3, 0.4) is 0 Å². The van der Waals surface area contributed by atoms with E-state index in [2.05, 4.69) is 10.3 Å². The maximum absolute atomic E-state index is 11.6. The minimum Gasteiger partial charge on any atom is -0.225 e. The molecule has 2 aromatic carbocycles. The SMILES string of the molecule is NS(=O)(=O)c1ccccc1-n1cc(-c2ccccc2)nn1. The summed E-state index contributed by atoms with van der Waals surface area (Å²) in [6.45, 7) is 0. The first-order valence-electron chi connectivity index (χ1n) is 6.16. The molecule has 0 aliphatic heterocycles. The van der Waals surface area contributed by atoms with Crippen LogP contribution < -0.4 is 5.14 Å². The van der Waals surface area contributed by atoms with Crippen molar-refractivity contribution in [1.29, 1.82) is 0 Å². The lowest BCUT2D eigenvalue weighted by molar-refractivity contribution is 0.596. The molecule has 1 heterocycles. The Balaban J connectivity index is 2.10. The molecule has 0 saturated carbocycles. The first-order chi connectivity index (χ1) is 10.1. The number of hydrogen-bond acceptors (Lipinski definition) is 4. The number of primary sulfonamides is 1. The van der Waals surface area contributed by atoms with Crippen LogP contribution in [0.2, 0.25) is 0 Å². The molecule has 0 fully saturated rings. The number of sulfonamides is 1. The molecule has 1 aromatic heterocycles. The molecule has 0 atom stereocenters. The smallest absolute Gasteiger partial charge is 0.225 e. The predicted octanol–water partition coefficient (Wildman–Crippen LogP) is 1.58. The number of hydrogen-bond donors (Lipinski definition) is 1. The maximum atomic E-state index is 11.6. The molecule has 106 valence electrons. The van der Waals surface area contributed by atoms with E-state index in [0.29, 0.717) is 11.4 Å². The number of benzene rings is 2. The van der Waals surface area contributed by atoms with E-state index >= 15 is 0 Å². The highest BCUT2D eigenvalue weighted by molar-refractivity contribution is 7.89. The largest absolute Gasteiger partial charge is 0.240 e. The Morgan fingerprint density at radius 2 is 1.62 bits per heavy atom. The second-order valence-electron chi connectivity index (χ2n) is 4.43. The van der Waals surface area contributed by atoms with Crippen molar-refractivity contribution in [3.63, 3.8) is 0 Å². The van der Waals surface area contributed by atoms with Gasteiger partial charge in [-0.25, -0.2) is 18.2 Å². The topological polar surface area (TPSA) is 90.9 Å². The average molecular weight is 300 g/mol. The molecule has 0 bridgehead atoms. The molecule has 0 aliphatic rings. The lowest BCUT2D eigenvalue weighted by atomic mass is 10.2. The van der Waals surface area contributed by atoms with Gasteiger partial charge in [0.15, 0.2) is 0 Å². The first kappa shape index (κ1) is 13.5. The second kappa shape index (κ2) is 5.12. The van der Waals surface area contributed by atoms with Crippen molar-refractivity contribution in [1.82, 2.24) is 15.0 Å². The Kier molecular flexibility index (Phi) is 3.28. The molecule has 0 unspecified atom stereocenters. The van der Waals surface area contributed by atoms with Crippen molar-refractivity contribution in [2.24, 2.45) is 5.14 Å². The summed E-state index contributed by atoms with van der Waals surface area (Å²) >= 11 is 0. The van der Waals surface area contributed by atoms with Crippen molar-refractivity contribution in [3.8, 4) is 16.9 Å². The minimum atomic E-state index is -3.83. The van der Waals surface area contributed by atoms with Crippen LogP contribution >= 0.6 is 0 Å². The zero-order valence-electron chi connectivity index (χ0n) is 10.9. The second-order valence-corrected chi connectivity index (χ2v) is 5.96. The van der Waals surface area contributed by atoms with Gasteiger partial charge in [-0.1, -0.05) is 47.7 Å². The first-order valence-corrected chi connectivity index (χ1v) is 7.70. The van der Waals surface area contributed by atoms with E-state index in [1.54, 1.807) is 24.4 Å². The maximum Gasteiger partial charge on any atom is 0.240 e. The Labute approximate surface area is 121 Å². The van der Waals surface area contributed by atoms with Gasteiger partial charge in [-0.05, 0) is 12.1 Å². The summed E-state index contributed by atoms with van der Waals surface area (Å²) in [4.78, 5) is 0.00881. The quantitative estimate of drug-likeness (QED) is 0.795. The summed E-state index contributed by atoms with van der Waals surface area (Å²) in [5, 5.41) is 13.3. The average Bonchev–Trinajstić information content (AvgIpc) is 2.97. The zero-order valence-corrected chi connectivity index (χ0v) is 11.7. The van der Waals surface area contributed by atoms with Crippen LogP contribution in [0.1, 0.15) is 0 Å². The van der Waals surface area contributed by atoms with Gasteiger partial charge in [0.1, 0.15) is 10.6 Å². The monoisotopic (exact) mass is 300 g/mol. The van der Waals surface area contributed by atoms with E-state index in [1.165, 1.54) is 10.7 Å². The van der Waals surface area contributed by atoms with Gasteiger partial charge >= 0.3 is 0 Å². The number of nitrogens with zero attached hydrogens (tertiary/aromatic N) is 3.